The molecule has 2 aromatic carbocycles. The van der Waals surface area contributed by atoms with E-state index in [4.69, 9.17) is 9.05 Å². The van der Waals surface area contributed by atoms with Gasteiger partial charge >= 0.3 is 7.60 Å². The van der Waals surface area contributed by atoms with E-state index in [9.17, 15) is 4.57 Å². The Labute approximate surface area is 162 Å². The molecule has 1 aliphatic carbocycles. The molecule has 27 heavy (non-hydrogen) atoms. The van der Waals surface area contributed by atoms with Crippen molar-refractivity contribution in [2.45, 2.75) is 58.5 Å². The second kappa shape index (κ2) is 7.89. The number of hydrogen-bond acceptors (Lipinski definition) is 4. The zero-order valence-electron chi connectivity index (χ0n) is 16.9. The van der Waals surface area contributed by atoms with E-state index >= 15 is 0 Å². The second-order valence-corrected chi connectivity index (χ2v) is 9.62. The van der Waals surface area contributed by atoms with Crippen LogP contribution in [0, 0.1) is 0 Å². The maximum atomic E-state index is 14.5. The fourth-order valence-electron chi connectivity index (χ4n) is 3.84. The highest BCUT2D eigenvalue weighted by molar-refractivity contribution is 7.55. The van der Waals surface area contributed by atoms with Crippen LogP contribution >= 0.6 is 7.60 Å². The third-order valence-corrected chi connectivity index (χ3v) is 7.52. The first-order valence-electron chi connectivity index (χ1n) is 9.77. The van der Waals surface area contributed by atoms with Gasteiger partial charge in [-0.05, 0) is 62.9 Å². The summed E-state index contributed by atoms with van der Waals surface area (Å²) in [5, 5.41) is 2.59. The number of fused-ring (bicyclic) bond motifs is 3. The third kappa shape index (κ3) is 3.40. The Kier molecular flexibility index (Phi) is 5.93. The van der Waals surface area contributed by atoms with Crippen molar-refractivity contribution in [3.05, 3.63) is 59.7 Å². The molecule has 0 unspecified atom stereocenters. The molecule has 0 bridgehead atoms. The zero-order chi connectivity index (χ0) is 19.7. The summed E-state index contributed by atoms with van der Waals surface area (Å²) in [6.07, 6.45) is 0.458. The lowest BCUT2D eigenvalue weighted by Crippen LogP contribution is -2.44. The van der Waals surface area contributed by atoms with Crippen LogP contribution in [-0.2, 0) is 18.9 Å². The van der Waals surface area contributed by atoms with Crippen molar-refractivity contribution in [3.63, 3.8) is 0 Å². The molecule has 1 aliphatic rings. The summed E-state index contributed by atoms with van der Waals surface area (Å²) in [4.78, 5) is 0. The first-order valence-corrected chi connectivity index (χ1v) is 11.3. The third-order valence-electron chi connectivity index (χ3n) is 4.66. The SMILES string of the molecule is CCCNC1(P(=O)(OC(C)C)OC(C)C)c2ccccc2-c2ccccc21. The average Bonchev–Trinajstić information content (AvgIpc) is 2.90. The minimum atomic E-state index is -3.62. The second-order valence-electron chi connectivity index (χ2n) is 7.53. The minimum absolute atomic E-state index is 0.227. The number of hydrogen-bond donors (Lipinski definition) is 1. The van der Waals surface area contributed by atoms with Gasteiger partial charge in [-0.25, -0.2) is 0 Å². The summed E-state index contributed by atoms with van der Waals surface area (Å²) in [6.45, 7) is 10.4. The van der Waals surface area contributed by atoms with Gasteiger partial charge in [-0.2, -0.15) is 0 Å². The molecule has 0 saturated heterocycles. The molecular formula is C22H30NO3P. The maximum absolute atomic E-state index is 14.5. The van der Waals surface area contributed by atoms with Gasteiger partial charge in [0.25, 0.3) is 0 Å². The maximum Gasteiger partial charge on any atom is 0.360 e. The highest BCUT2D eigenvalue weighted by Crippen LogP contribution is 2.71. The van der Waals surface area contributed by atoms with Gasteiger partial charge in [-0.3, -0.25) is 9.88 Å². The fraction of sp³-hybridized carbons (Fsp3) is 0.455. The van der Waals surface area contributed by atoms with E-state index in [1.54, 1.807) is 0 Å². The molecule has 0 saturated carbocycles. The van der Waals surface area contributed by atoms with E-state index in [1.807, 2.05) is 64.1 Å². The van der Waals surface area contributed by atoms with Crippen molar-refractivity contribution >= 4 is 7.60 Å². The Bertz CT molecular complexity index is 787. The van der Waals surface area contributed by atoms with Gasteiger partial charge in [0.1, 0.15) is 0 Å². The number of nitrogens with one attached hydrogen (secondary N) is 1. The lowest BCUT2D eigenvalue weighted by Gasteiger charge is -2.40. The van der Waals surface area contributed by atoms with E-state index in [0.717, 1.165) is 28.7 Å². The van der Waals surface area contributed by atoms with Crippen LogP contribution in [0.4, 0.5) is 0 Å². The Morgan fingerprint density at radius 3 is 1.74 bits per heavy atom. The van der Waals surface area contributed by atoms with Gasteiger partial charge in [0.05, 0.1) is 12.2 Å². The quantitative estimate of drug-likeness (QED) is 0.572. The normalized spacial score (nSPS) is 15.2. The molecule has 0 spiro atoms. The molecule has 4 nitrogen and oxygen atoms in total. The van der Waals surface area contributed by atoms with Crippen molar-refractivity contribution in [1.29, 1.82) is 0 Å². The summed E-state index contributed by atoms with van der Waals surface area (Å²) < 4.78 is 26.7. The van der Waals surface area contributed by atoms with Crippen LogP contribution in [0.5, 0.6) is 0 Å². The van der Waals surface area contributed by atoms with Gasteiger partial charge in [-0.1, -0.05) is 55.5 Å². The molecule has 146 valence electrons. The first-order chi connectivity index (χ1) is 12.9. The molecule has 0 heterocycles. The van der Waals surface area contributed by atoms with Crippen LogP contribution < -0.4 is 5.32 Å². The van der Waals surface area contributed by atoms with Gasteiger partial charge in [0.15, 0.2) is 5.28 Å². The Hall–Kier alpha value is -1.45. The molecule has 0 radical (unpaired) electrons. The van der Waals surface area contributed by atoms with E-state index in [-0.39, 0.29) is 12.2 Å². The van der Waals surface area contributed by atoms with Crippen molar-refractivity contribution in [2.24, 2.45) is 0 Å². The van der Waals surface area contributed by atoms with Crippen molar-refractivity contribution in [1.82, 2.24) is 5.32 Å². The van der Waals surface area contributed by atoms with Crippen LogP contribution in [0.15, 0.2) is 48.5 Å². The lowest BCUT2D eigenvalue weighted by atomic mass is 10.0. The summed E-state index contributed by atoms with van der Waals surface area (Å²) in [6, 6.07) is 16.3. The van der Waals surface area contributed by atoms with Crippen LogP contribution in [-0.4, -0.2) is 18.8 Å². The predicted octanol–water partition coefficient (Wildman–Crippen LogP) is 5.91. The fourth-order valence-corrected chi connectivity index (χ4v) is 6.60. The van der Waals surface area contributed by atoms with E-state index in [1.165, 1.54) is 0 Å². The van der Waals surface area contributed by atoms with E-state index < -0.39 is 12.9 Å². The van der Waals surface area contributed by atoms with E-state index in [0.29, 0.717) is 6.54 Å². The Balaban J connectivity index is 2.34. The number of benzene rings is 2. The summed E-state index contributed by atoms with van der Waals surface area (Å²) >= 11 is 0. The summed E-state index contributed by atoms with van der Waals surface area (Å²) in [7, 11) is -3.62. The average molecular weight is 387 g/mol. The molecule has 0 aromatic heterocycles. The molecule has 0 atom stereocenters. The lowest BCUT2D eigenvalue weighted by molar-refractivity contribution is 0.125. The first kappa shape index (κ1) is 20.3. The molecule has 0 fully saturated rings. The van der Waals surface area contributed by atoms with Crippen molar-refractivity contribution in [2.75, 3.05) is 6.54 Å². The topological polar surface area (TPSA) is 47.6 Å². The minimum Gasteiger partial charge on any atom is -0.304 e. The molecule has 0 aliphatic heterocycles. The Morgan fingerprint density at radius 1 is 0.889 bits per heavy atom. The molecule has 1 N–H and O–H groups in total. The van der Waals surface area contributed by atoms with Crippen LogP contribution in [0.1, 0.15) is 52.2 Å². The number of rotatable bonds is 8. The smallest absolute Gasteiger partial charge is 0.304 e. The zero-order valence-corrected chi connectivity index (χ0v) is 17.8. The van der Waals surface area contributed by atoms with Crippen LogP contribution in [0.2, 0.25) is 0 Å². The van der Waals surface area contributed by atoms with Crippen LogP contribution in [0.3, 0.4) is 0 Å². The van der Waals surface area contributed by atoms with E-state index in [2.05, 4.69) is 24.4 Å². The van der Waals surface area contributed by atoms with Crippen molar-refractivity contribution in [3.8, 4) is 11.1 Å². The largest absolute Gasteiger partial charge is 0.360 e. The molecule has 3 rings (SSSR count). The Morgan fingerprint density at radius 2 is 1.33 bits per heavy atom. The van der Waals surface area contributed by atoms with Crippen LogP contribution in [0.25, 0.3) is 11.1 Å². The summed E-state index contributed by atoms with van der Waals surface area (Å²) in [5.41, 5.74) is 4.09. The monoisotopic (exact) mass is 387 g/mol. The van der Waals surface area contributed by atoms with Gasteiger partial charge < -0.3 is 9.05 Å². The standard InChI is InChI=1S/C22H30NO3P/c1-6-15-23-22(27(24,25-16(2)3)26-17(4)5)20-13-9-7-11-18(20)19-12-8-10-14-21(19)22/h7-14,16-17,23H,6,15H2,1-5H3. The van der Waals surface area contributed by atoms with Gasteiger partial charge in [0, 0.05) is 0 Å². The molecule has 5 heteroatoms. The highest BCUT2D eigenvalue weighted by atomic mass is 31.2. The van der Waals surface area contributed by atoms with Gasteiger partial charge in [0.2, 0.25) is 0 Å². The molecular weight excluding hydrogens is 357 g/mol. The highest BCUT2D eigenvalue weighted by Gasteiger charge is 2.59. The van der Waals surface area contributed by atoms with Crippen molar-refractivity contribution < 1.29 is 13.6 Å². The predicted molar refractivity (Wildman–Crippen MR) is 111 cm³/mol. The van der Waals surface area contributed by atoms with Gasteiger partial charge in [-0.15, -0.1) is 0 Å². The summed E-state index contributed by atoms with van der Waals surface area (Å²) in [5.74, 6) is 0. The molecule has 0 amide bonds. The molecule has 2 aromatic rings.